The molecule has 4 N–H and O–H groups in total. The van der Waals surface area contributed by atoms with Gasteiger partial charge in [0, 0.05) is 7.11 Å². The number of rotatable bonds is 9. The summed E-state index contributed by atoms with van der Waals surface area (Å²) in [6.07, 6.45) is -2.21. The van der Waals surface area contributed by atoms with Crippen molar-refractivity contribution in [2.75, 3.05) is 26.1 Å². The standard InChI is InChI=1S/C31H31N5O6/c1-40-22-15-13-21(14-16-22)31(19-9-5-3-6-10-19,20-11-7-4-8-12-20)35-30-33-27-24(28(39)34-30)32-18-36(27)29-26(41-2)25(38)23(17-37)42-29/h3-16,18,23,25-26,29,37-38H,17H2,1-2H3,(H2,33,34,35,39)/t23-,25-,26-,29-/m1/s1. The lowest BCUT2D eigenvalue weighted by Gasteiger charge is -2.37. The van der Waals surface area contributed by atoms with Gasteiger partial charge in [-0.1, -0.05) is 72.8 Å². The number of aliphatic hydroxyl groups excluding tert-OH is 2. The van der Waals surface area contributed by atoms with Crippen LogP contribution in [-0.2, 0) is 15.0 Å². The van der Waals surface area contributed by atoms with Gasteiger partial charge in [0.2, 0.25) is 5.95 Å². The van der Waals surface area contributed by atoms with Gasteiger partial charge in [0.05, 0.1) is 20.0 Å². The van der Waals surface area contributed by atoms with Crippen LogP contribution in [0, 0.1) is 0 Å². The topological polar surface area (TPSA) is 144 Å². The van der Waals surface area contributed by atoms with Gasteiger partial charge in [0.25, 0.3) is 5.56 Å². The van der Waals surface area contributed by atoms with Crippen LogP contribution < -0.4 is 15.6 Å². The van der Waals surface area contributed by atoms with Gasteiger partial charge in [-0.25, -0.2) is 4.98 Å². The summed E-state index contributed by atoms with van der Waals surface area (Å²) < 4.78 is 18.4. The molecule has 11 heteroatoms. The Kier molecular flexibility index (Phi) is 7.48. The van der Waals surface area contributed by atoms with E-state index in [1.165, 1.54) is 13.4 Å². The molecular weight excluding hydrogens is 538 g/mol. The molecule has 6 rings (SSSR count). The lowest BCUT2D eigenvalue weighted by molar-refractivity contribution is -0.0583. The molecule has 1 aliphatic rings. The van der Waals surface area contributed by atoms with E-state index >= 15 is 0 Å². The number of benzene rings is 3. The summed E-state index contributed by atoms with van der Waals surface area (Å²) in [6, 6.07) is 27.5. The van der Waals surface area contributed by atoms with E-state index in [-0.39, 0.29) is 17.1 Å². The molecule has 1 fully saturated rings. The first-order chi connectivity index (χ1) is 20.5. The minimum absolute atomic E-state index is 0.0930. The van der Waals surface area contributed by atoms with Crippen molar-refractivity contribution in [2.45, 2.75) is 30.1 Å². The second-order valence-electron chi connectivity index (χ2n) is 10.0. The number of fused-ring (bicyclic) bond motifs is 1. The fourth-order valence-electron chi connectivity index (χ4n) is 5.63. The average Bonchev–Trinajstić information content (AvgIpc) is 3.61. The van der Waals surface area contributed by atoms with E-state index in [0.717, 1.165) is 16.7 Å². The molecule has 0 aliphatic carbocycles. The van der Waals surface area contributed by atoms with Gasteiger partial charge in [-0.3, -0.25) is 14.3 Å². The minimum Gasteiger partial charge on any atom is -0.497 e. The maximum atomic E-state index is 13.4. The fraction of sp³-hybridized carbons (Fsp3) is 0.258. The van der Waals surface area contributed by atoms with E-state index in [2.05, 4.69) is 15.3 Å². The number of imidazole rings is 1. The first-order valence-electron chi connectivity index (χ1n) is 13.5. The lowest BCUT2D eigenvalue weighted by Crippen LogP contribution is -2.39. The van der Waals surface area contributed by atoms with Crippen LogP contribution in [0.5, 0.6) is 5.75 Å². The highest BCUT2D eigenvalue weighted by Crippen LogP contribution is 2.40. The van der Waals surface area contributed by atoms with Gasteiger partial charge in [0.15, 0.2) is 17.4 Å². The first kappa shape index (κ1) is 27.6. The van der Waals surface area contributed by atoms with Crippen LogP contribution >= 0.6 is 0 Å². The zero-order chi connectivity index (χ0) is 29.3. The number of nitrogens with one attached hydrogen (secondary N) is 2. The second-order valence-corrected chi connectivity index (χ2v) is 10.0. The van der Waals surface area contributed by atoms with Gasteiger partial charge in [-0.2, -0.15) is 4.98 Å². The molecule has 1 aliphatic heterocycles. The van der Waals surface area contributed by atoms with Gasteiger partial charge < -0.3 is 29.7 Å². The highest BCUT2D eigenvalue weighted by molar-refractivity contribution is 5.71. The zero-order valence-corrected chi connectivity index (χ0v) is 23.0. The van der Waals surface area contributed by atoms with Crippen molar-refractivity contribution >= 4 is 17.1 Å². The molecule has 5 aromatic rings. The smallest absolute Gasteiger partial charge is 0.280 e. The summed E-state index contributed by atoms with van der Waals surface area (Å²) in [5.41, 5.74) is 1.57. The van der Waals surface area contributed by atoms with Gasteiger partial charge >= 0.3 is 0 Å². The molecule has 0 spiro atoms. The van der Waals surface area contributed by atoms with E-state index in [9.17, 15) is 15.0 Å². The molecule has 0 saturated carbocycles. The van der Waals surface area contributed by atoms with Crippen molar-refractivity contribution in [1.82, 2.24) is 19.5 Å². The molecule has 0 amide bonds. The summed E-state index contributed by atoms with van der Waals surface area (Å²) in [5.74, 6) is 0.891. The van der Waals surface area contributed by atoms with Crippen LogP contribution in [0.25, 0.3) is 11.2 Å². The van der Waals surface area contributed by atoms with E-state index < -0.39 is 42.2 Å². The van der Waals surface area contributed by atoms with Crippen LogP contribution in [0.2, 0.25) is 0 Å². The second kappa shape index (κ2) is 11.4. The number of aromatic amines is 1. The Bertz CT molecular complexity index is 1670. The van der Waals surface area contributed by atoms with Gasteiger partial charge in [0.1, 0.15) is 29.6 Å². The Balaban J connectivity index is 1.54. The summed E-state index contributed by atoms with van der Waals surface area (Å²) in [5, 5.41) is 23.9. The van der Waals surface area contributed by atoms with Crippen LogP contribution in [0.4, 0.5) is 5.95 Å². The maximum absolute atomic E-state index is 13.4. The Morgan fingerprint density at radius 1 is 0.976 bits per heavy atom. The largest absolute Gasteiger partial charge is 0.497 e. The number of H-pyrrole nitrogens is 1. The number of aliphatic hydroxyl groups is 2. The van der Waals surface area contributed by atoms with E-state index in [1.54, 1.807) is 11.7 Å². The maximum Gasteiger partial charge on any atom is 0.280 e. The van der Waals surface area contributed by atoms with Gasteiger partial charge in [-0.15, -0.1) is 0 Å². The quantitative estimate of drug-likeness (QED) is 0.197. The predicted octanol–water partition coefficient (Wildman–Crippen LogP) is 2.80. The van der Waals surface area contributed by atoms with E-state index in [1.807, 2.05) is 84.9 Å². The third-order valence-corrected chi connectivity index (χ3v) is 7.71. The molecular formula is C31H31N5O6. The predicted molar refractivity (Wildman–Crippen MR) is 155 cm³/mol. The minimum atomic E-state index is -1.08. The van der Waals surface area contributed by atoms with E-state index in [4.69, 9.17) is 19.2 Å². The first-order valence-corrected chi connectivity index (χ1v) is 13.5. The highest BCUT2D eigenvalue weighted by atomic mass is 16.6. The number of nitrogens with zero attached hydrogens (tertiary/aromatic N) is 3. The van der Waals surface area contributed by atoms with Crippen LogP contribution in [0.15, 0.2) is 96.1 Å². The molecule has 0 bridgehead atoms. The SMILES string of the molecule is COc1ccc(C(Nc2nc3c(ncn3[C@@H]3O[C@H](CO)[C@@H](O)[C@H]3OC)c(=O)[nH]2)(c2ccccc2)c2ccccc2)cc1. The summed E-state index contributed by atoms with van der Waals surface area (Å²) in [6.45, 7) is -0.399. The number of ether oxygens (including phenoxy) is 3. The van der Waals surface area contributed by atoms with E-state index in [0.29, 0.717) is 5.75 Å². The normalized spacial score (nSPS) is 20.6. The average molecular weight is 570 g/mol. The van der Waals surface area contributed by atoms with Crippen molar-refractivity contribution in [3.05, 3.63) is 118 Å². The molecule has 0 unspecified atom stereocenters. The number of methoxy groups -OCH3 is 2. The van der Waals surface area contributed by atoms with Crippen molar-refractivity contribution in [3.63, 3.8) is 0 Å². The molecule has 42 heavy (non-hydrogen) atoms. The number of hydrogen-bond acceptors (Lipinski definition) is 9. The third-order valence-electron chi connectivity index (χ3n) is 7.71. The van der Waals surface area contributed by atoms with Crippen LogP contribution in [0.1, 0.15) is 22.9 Å². The Hall–Kier alpha value is -4.55. The molecule has 4 atom stereocenters. The highest BCUT2D eigenvalue weighted by Gasteiger charge is 2.45. The summed E-state index contributed by atoms with van der Waals surface area (Å²) in [4.78, 5) is 25.3. The lowest BCUT2D eigenvalue weighted by atomic mass is 9.77. The van der Waals surface area contributed by atoms with Gasteiger partial charge in [-0.05, 0) is 28.8 Å². The molecule has 11 nitrogen and oxygen atoms in total. The van der Waals surface area contributed by atoms with Crippen molar-refractivity contribution in [3.8, 4) is 5.75 Å². The summed E-state index contributed by atoms with van der Waals surface area (Å²) >= 11 is 0. The zero-order valence-electron chi connectivity index (χ0n) is 23.0. The Morgan fingerprint density at radius 2 is 1.60 bits per heavy atom. The Labute approximate surface area is 241 Å². The Morgan fingerprint density at radius 3 is 2.17 bits per heavy atom. The molecule has 3 aromatic carbocycles. The summed E-state index contributed by atoms with van der Waals surface area (Å²) in [7, 11) is 3.06. The molecule has 2 aromatic heterocycles. The van der Waals surface area contributed by atoms with Crippen LogP contribution in [0.3, 0.4) is 0 Å². The number of anilines is 1. The monoisotopic (exact) mass is 569 g/mol. The molecule has 0 radical (unpaired) electrons. The van der Waals surface area contributed by atoms with Crippen molar-refractivity contribution in [1.29, 1.82) is 0 Å². The molecule has 216 valence electrons. The van der Waals surface area contributed by atoms with Crippen molar-refractivity contribution < 1.29 is 24.4 Å². The number of aromatic nitrogens is 4. The third kappa shape index (κ3) is 4.62. The van der Waals surface area contributed by atoms with Crippen molar-refractivity contribution in [2.24, 2.45) is 0 Å². The fourth-order valence-corrected chi connectivity index (χ4v) is 5.63. The number of hydrogen-bond donors (Lipinski definition) is 4. The molecule has 3 heterocycles. The van der Waals surface area contributed by atoms with Crippen LogP contribution in [-0.4, -0.2) is 68.9 Å². The molecule has 1 saturated heterocycles.